The third kappa shape index (κ3) is 11.1. The van der Waals surface area contributed by atoms with Gasteiger partial charge in [0.25, 0.3) is 0 Å². The molecule has 0 fully saturated rings. The molecule has 0 spiro atoms. The Balaban J connectivity index is 0.000000131. The molecule has 0 bridgehead atoms. The Hall–Kier alpha value is -9.80. The van der Waals surface area contributed by atoms with Crippen LogP contribution in [0, 0.1) is 0 Å². The second-order valence-electron chi connectivity index (χ2n) is 19.6. The number of hydrogen-bond donors (Lipinski definition) is 2. The van der Waals surface area contributed by atoms with Crippen LogP contribution in [0.5, 0.6) is 0 Å². The Labute approximate surface area is 470 Å². The van der Waals surface area contributed by atoms with Gasteiger partial charge in [0, 0.05) is 27.1 Å². The summed E-state index contributed by atoms with van der Waals surface area (Å²) in [5.74, 6) is 0. The smallest absolute Gasteiger partial charge is 0.0464 e. The zero-order valence-electron chi connectivity index (χ0n) is 43.5. The van der Waals surface area contributed by atoms with Crippen LogP contribution in [0.3, 0.4) is 0 Å². The summed E-state index contributed by atoms with van der Waals surface area (Å²) in [4.78, 5) is 0. The maximum atomic E-state index is 5.76. The van der Waals surface area contributed by atoms with E-state index in [1.165, 1.54) is 110 Å². The molecule has 376 valence electrons. The van der Waals surface area contributed by atoms with Gasteiger partial charge in [0.05, 0.1) is 0 Å². The van der Waals surface area contributed by atoms with E-state index in [2.05, 4.69) is 318 Å². The number of anilines is 3. The van der Waals surface area contributed by atoms with E-state index in [1.807, 2.05) is 18.2 Å². The van der Waals surface area contributed by atoms with Crippen molar-refractivity contribution in [1.29, 1.82) is 0 Å². The van der Waals surface area contributed by atoms with Crippen LogP contribution >= 0.6 is 15.9 Å². The summed E-state index contributed by atoms with van der Waals surface area (Å²) in [7, 11) is 0. The topological polar surface area (TPSA) is 38.0 Å². The molecule has 3 heteroatoms. The van der Waals surface area contributed by atoms with E-state index >= 15 is 0 Å². The van der Waals surface area contributed by atoms with Crippen LogP contribution in [0.2, 0.25) is 0 Å². The average Bonchev–Trinajstić information content (AvgIpc) is 3.59. The third-order valence-corrected chi connectivity index (χ3v) is 15.4. The van der Waals surface area contributed by atoms with Crippen molar-refractivity contribution in [3.8, 4) is 66.8 Å². The minimum atomic E-state index is 0.793. The van der Waals surface area contributed by atoms with Crippen LogP contribution in [0.25, 0.3) is 110 Å². The highest BCUT2D eigenvalue weighted by molar-refractivity contribution is 9.10. The molecule has 14 rings (SSSR count). The summed E-state index contributed by atoms with van der Waals surface area (Å²) in [6.45, 7) is 0. The number of rotatable bonds is 8. The van der Waals surface area contributed by atoms with Crippen LogP contribution in [0.15, 0.2) is 320 Å². The molecule has 0 amide bonds. The molecular weight excluding hydrogens is 1020 g/mol. The predicted octanol–water partition coefficient (Wildman–Crippen LogP) is 21.8. The second-order valence-corrected chi connectivity index (χ2v) is 20.5. The van der Waals surface area contributed by atoms with Gasteiger partial charge in [-0.05, 0) is 141 Å². The van der Waals surface area contributed by atoms with E-state index in [0.29, 0.717) is 0 Å². The Bertz CT molecular complexity index is 4370. The lowest BCUT2D eigenvalue weighted by Gasteiger charge is -2.15. The fourth-order valence-corrected chi connectivity index (χ4v) is 11.1. The highest BCUT2D eigenvalue weighted by Gasteiger charge is 2.11. The minimum absolute atomic E-state index is 0.793. The molecule has 0 aliphatic heterocycles. The zero-order valence-corrected chi connectivity index (χ0v) is 45.1. The zero-order chi connectivity index (χ0) is 53.3. The maximum absolute atomic E-state index is 5.76. The molecule has 3 N–H and O–H groups in total. The average molecular weight is 1080 g/mol. The van der Waals surface area contributed by atoms with Gasteiger partial charge in [-0.2, -0.15) is 0 Å². The summed E-state index contributed by atoms with van der Waals surface area (Å²) in [5, 5.41) is 13.9. The largest absolute Gasteiger partial charge is 0.399 e. The van der Waals surface area contributed by atoms with Gasteiger partial charge in [-0.1, -0.05) is 295 Å². The Kier molecular flexibility index (Phi) is 14.7. The molecular formula is C76H55BrN2. The predicted molar refractivity (Wildman–Crippen MR) is 344 cm³/mol. The quantitative estimate of drug-likeness (QED) is 0.149. The van der Waals surface area contributed by atoms with Gasteiger partial charge >= 0.3 is 0 Å². The fourth-order valence-electron chi connectivity index (χ4n) is 10.6. The van der Waals surface area contributed by atoms with E-state index in [4.69, 9.17) is 5.73 Å². The number of nitrogens with one attached hydrogen (secondary N) is 1. The van der Waals surface area contributed by atoms with Gasteiger partial charge < -0.3 is 11.1 Å². The van der Waals surface area contributed by atoms with E-state index in [-0.39, 0.29) is 0 Å². The molecule has 0 aliphatic carbocycles. The summed E-state index contributed by atoms with van der Waals surface area (Å²) in [6, 6.07) is 111. The van der Waals surface area contributed by atoms with Crippen LogP contribution in [0.4, 0.5) is 17.1 Å². The fraction of sp³-hybridized carbons (Fsp3) is 0. The highest BCUT2D eigenvalue weighted by atomic mass is 79.9. The van der Waals surface area contributed by atoms with Crippen LogP contribution < -0.4 is 11.1 Å². The highest BCUT2D eigenvalue weighted by Crippen LogP contribution is 2.38. The molecule has 0 atom stereocenters. The van der Waals surface area contributed by atoms with Gasteiger partial charge in [0.2, 0.25) is 0 Å². The van der Waals surface area contributed by atoms with Crippen molar-refractivity contribution in [3.05, 3.63) is 320 Å². The number of fused-ring (bicyclic) bond motifs is 4. The number of para-hydroxylation sites is 1. The second kappa shape index (κ2) is 23.2. The lowest BCUT2D eigenvalue weighted by molar-refractivity contribution is 1.53. The molecule has 14 aromatic carbocycles. The van der Waals surface area contributed by atoms with E-state index in [0.717, 1.165) is 21.5 Å². The molecule has 0 saturated carbocycles. The third-order valence-electron chi connectivity index (χ3n) is 14.7. The van der Waals surface area contributed by atoms with Crippen LogP contribution in [0.1, 0.15) is 0 Å². The van der Waals surface area contributed by atoms with Crippen molar-refractivity contribution >= 4 is 76.1 Å². The Morgan fingerprint density at radius 2 is 0.519 bits per heavy atom. The molecule has 0 radical (unpaired) electrons. The summed E-state index contributed by atoms with van der Waals surface area (Å²) < 4.78 is 1.14. The van der Waals surface area contributed by atoms with Gasteiger partial charge in [0.15, 0.2) is 0 Å². The molecule has 0 aromatic heterocycles. The monoisotopic (exact) mass is 1070 g/mol. The van der Waals surface area contributed by atoms with Crippen molar-refractivity contribution in [1.82, 2.24) is 0 Å². The SMILES string of the molecule is Brc1ccccc1-c1cccc2ccccc12.Nc1ccc(-c2ccc(-c3cccc4ccccc34)cc2)cc1.c1ccc(-c2cccc3ccccc23)c(Nc2ccc(-c3ccc(-c4cccc5ccccc45)cc3)cc2)c1. The lowest BCUT2D eigenvalue weighted by Crippen LogP contribution is -1.94. The van der Waals surface area contributed by atoms with Crippen LogP contribution in [-0.2, 0) is 0 Å². The first-order chi connectivity index (χ1) is 39.0. The molecule has 0 aliphatic rings. The lowest BCUT2D eigenvalue weighted by atomic mass is 9.96. The molecule has 14 aromatic rings. The first-order valence-electron chi connectivity index (χ1n) is 26.7. The summed E-state index contributed by atoms with van der Waals surface area (Å²) >= 11 is 3.62. The molecule has 0 saturated heterocycles. The molecule has 2 nitrogen and oxygen atoms in total. The standard InChI is InChI=1S/C38H27N.C22H17N.C16H11Br/c1-3-13-33-29(9-1)11-7-16-34(33)31-21-19-27(20-22-31)28-23-25-32(26-24-28)39-38-18-6-5-15-37(38)36-17-8-12-30-10-2-4-14-35(30)36;23-20-14-12-17(13-15-20)16-8-10-19(11-9-16)22-7-3-5-18-4-1-2-6-21(18)22;17-16-11-4-3-9-15(16)14-10-5-7-12-6-1-2-8-13(12)14/h1-26,39H;1-15H,23H2;1-11H. The molecule has 0 heterocycles. The van der Waals surface area contributed by atoms with Crippen molar-refractivity contribution in [2.24, 2.45) is 0 Å². The van der Waals surface area contributed by atoms with E-state index < -0.39 is 0 Å². The number of hydrogen-bond acceptors (Lipinski definition) is 2. The van der Waals surface area contributed by atoms with Gasteiger partial charge in [-0.25, -0.2) is 0 Å². The van der Waals surface area contributed by atoms with Gasteiger partial charge in [-0.15, -0.1) is 0 Å². The molecule has 0 unspecified atom stereocenters. The first-order valence-corrected chi connectivity index (χ1v) is 27.5. The minimum Gasteiger partial charge on any atom is -0.399 e. The van der Waals surface area contributed by atoms with Gasteiger partial charge in [0.1, 0.15) is 0 Å². The van der Waals surface area contributed by atoms with E-state index in [1.54, 1.807) is 0 Å². The van der Waals surface area contributed by atoms with E-state index in [9.17, 15) is 0 Å². The summed E-state index contributed by atoms with van der Waals surface area (Å²) in [5.41, 5.74) is 23.5. The van der Waals surface area contributed by atoms with Crippen molar-refractivity contribution < 1.29 is 0 Å². The van der Waals surface area contributed by atoms with Gasteiger partial charge in [-0.3, -0.25) is 0 Å². The number of benzene rings is 14. The maximum Gasteiger partial charge on any atom is 0.0464 e. The van der Waals surface area contributed by atoms with Crippen molar-refractivity contribution in [2.45, 2.75) is 0 Å². The van der Waals surface area contributed by atoms with Crippen molar-refractivity contribution in [2.75, 3.05) is 11.1 Å². The Morgan fingerprint density at radius 1 is 0.228 bits per heavy atom. The van der Waals surface area contributed by atoms with Crippen molar-refractivity contribution in [3.63, 3.8) is 0 Å². The number of nitrogens with two attached hydrogens (primary N) is 1. The number of halogens is 1. The Morgan fingerprint density at radius 3 is 0.962 bits per heavy atom. The van der Waals surface area contributed by atoms with Crippen LogP contribution in [-0.4, -0.2) is 0 Å². The summed E-state index contributed by atoms with van der Waals surface area (Å²) in [6.07, 6.45) is 0. The first kappa shape index (κ1) is 50.0. The molecule has 79 heavy (non-hydrogen) atoms. The number of nitrogen functional groups attached to an aromatic ring is 1. The normalized spacial score (nSPS) is 10.9.